The highest BCUT2D eigenvalue weighted by molar-refractivity contribution is 6.12. The number of ketones is 1. The lowest BCUT2D eigenvalue weighted by Gasteiger charge is -2.02. The average Bonchev–Trinajstić information content (AvgIpc) is 2.70. The van der Waals surface area contributed by atoms with Gasteiger partial charge in [-0.05, 0) is 24.3 Å². The summed E-state index contributed by atoms with van der Waals surface area (Å²) in [7, 11) is 1.52. The minimum atomic E-state index is -1.13. The number of carbonyl (C=O) groups excluding carboxylic acids is 1. The van der Waals surface area contributed by atoms with Crippen LogP contribution in [0.2, 0.25) is 0 Å². The van der Waals surface area contributed by atoms with E-state index >= 15 is 0 Å². The fourth-order valence-corrected chi connectivity index (χ4v) is 1.80. The molecule has 2 rings (SSSR count). The van der Waals surface area contributed by atoms with Gasteiger partial charge >= 0.3 is 5.97 Å². The normalized spacial score (nSPS) is 10.4. The first-order valence-electron chi connectivity index (χ1n) is 5.39. The lowest BCUT2D eigenvalue weighted by Crippen LogP contribution is -2.05. The Labute approximate surface area is 108 Å². The number of nitrogens with zero attached hydrogens (tertiary/aromatic N) is 1. The number of nitrogens with two attached hydrogens (primary N) is 1. The standard InChI is InChI=1S/C13H11FN2O3/c1-16-6-7(4-11(16)13(18)19)12(17)9-3-2-8(14)5-10(9)15/h2-6H,15H2,1H3,(H,18,19). The van der Waals surface area contributed by atoms with Crippen LogP contribution < -0.4 is 5.73 Å². The Balaban J connectivity index is 2.44. The topological polar surface area (TPSA) is 85.3 Å². The van der Waals surface area contributed by atoms with Gasteiger partial charge in [0.05, 0.1) is 0 Å². The molecule has 0 radical (unpaired) electrons. The van der Waals surface area contributed by atoms with Crippen molar-refractivity contribution in [2.75, 3.05) is 5.73 Å². The monoisotopic (exact) mass is 262 g/mol. The number of nitrogen functional groups attached to an aromatic ring is 1. The van der Waals surface area contributed by atoms with Crippen molar-refractivity contribution in [3.8, 4) is 0 Å². The molecule has 6 heteroatoms. The molecular formula is C13H11FN2O3. The molecule has 3 N–H and O–H groups in total. The van der Waals surface area contributed by atoms with E-state index in [0.717, 1.165) is 12.1 Å². The molecule has 2 aromatic rings. The van der Waals surface area contributed by atoms with E-state index in [1.807, 2.05) is 0 Å². The van der Waals surface area contributed by atoms with Crippen LogP contribution >= 0.6 is 0 Å². The highest BCUT2D eigenvalue weighted by Crippen LogP contribution is 2.19. The van der Waals surface area contributed by atoms with Gasteiger partial charge < -0.3 is 15.4 Å². The number of rotatable bonds is 3. The van der Waals surface area contributed by atoms with Gasteiger partial charge in [0, 0.05) is 30.1 Å². The zero-order valence-corrected chi connectivity index (χ0v) is 10.1. The van der Waals surface area contributed by atoms with Gasteiger partial charge in [0.15, 0.2) is 5.78 Å². The Kier molecular flexibility index (Phi) is 3.08. The first kappa shape index (κ1) is 12.8. The molecule has 1 aromatic carbocycles. The molecule has 19 heavy (non-hydrogen) atoms. The molecule has 5 nitrogen and oxygen atoms in total. The van der Waals surface area contributed by atoms with Crippen molar-refractivity contribution in [3.05, 3.63) is 53.1 Å². The Bertz CT molecular complexity index is 677. The van der Waals surface area contributed by atoms with Gasteiger partial charge in [0.2, 0.25) is 0 Å². The SMILES string of the molecule is Cn1cc(C(=O)c2ccc(F)cc2N)cc1C(=O)O. The fraction of sp³-hybridized carbons (Fsp3) is 0.0769. The first-order chi connectivity index (χ1) is 8.90. The predicted molar refractivity (Wildman–Crippen MR) is 66.6 cm³/mol. The van der Waals surface area contributed by atoms with Crippen LogP contribution in [0.25, 0.3) is 0 Å². The Morgan fingerprint density at radius 1 is 1.32 bits per heavy atom. The Morgan fingerprint density at radius 2 is 2.00 bits per heavy atom. The molecule has 0 atom stereocenters. The van der Waals surface area contributed by atoms with Crippen LogP contribution in [0.5, 0.6) is 0 Å². The second-order valence-corrected chi connectivity index (χ2v) is 4.09. The van der Waals surface area contributed by atoms with E-state index in [2.05, 4.69) is 0 Å². The van der Waals surface area contributed by atoms with Crippen LogP contribution in [0.15, 0.2) is 30.5 Å². The summed E-state index contributed by atoms with van der Waals surface area (Å²) in [4.78, 5) is 23.1. The number of carboxylic acid groups (broad SMARTS) is 1. The molecule has 0 amide bonds. The highest BCUT2D eigenvalue weighted by Gasteiger charge is 2.18. The Morgan fingerprint density at radius 3 is 2.53 bits per heavy atom. The van der Waals surface area contributed by atoms with Crippen molar-refractivity contribution < 1.29 is 19.1 Å². The lowest BCUT2D eigenvalue weighted by atomic mass is 10.0. The molecule has 0 aliphatic heterocycles. The molecule has 0 unspecified atom stereocenters. The summed E-state index contributed by atoms with van der Waals surface area (Å²) in [6, 6.07) is 4.72. The number of anilines is 1. The van der Waals surface area contributed by atoms with E-state index in [1.165, 1.54) is 29.9 Å². The van der Waals surface area contributed by atoms with E-state index in [1.54, 1.807) is 0 Å². The zero-order chi connectivity index (χ0) is 14.2. The molecule has 1 aromatic heterocycles. The van der Waals surface area contributed by atoms with Gasteiger partial charge in [-0.1, -0.05) is 0 Å². The van der Waals surface area contributed by atoms with Crippen molar-refractivity contribution >= 4 is 17.4 Å². The van der Waals surface area contributed by atoms with Gasteiger partial charge in [-0.3, -0.25) is 4.79 Å². The van der Waals surface area contributed by atoms with Crippen molar-refractivity contribution in [1.29, 1.82) is 0 Å². The number of benzene rings is 1. The summed E-state index contributed by atoms with van der Waals surface area (Å²) < 4.78 is 14.2. The smallest absolute Gasteiger partial charge is 0.352 e. The molecule has 98 valence electrons. The van der Waals surface area contributed by atoms with Crippen LogP contribution in [0.4, 0.5) is 10.1 Å². The minimum absolute atomic E-state index is 0.0102. The van der Waals surface area contributed by atoms with Crippen LogP contribution in [0, 0.1) is 5.82 Å². The molecule has 0 saturated carbocycles. The van der Waals surface area contributed by atoms with E-state index in [9.17, 15) is 14.0 Å². The number of halogens is 1. The maximum absolute atomic E-state index is 12.9. The van der Waals surface area contributed by atoms with Crippen molar-refractivity contribution in [2.45, 2.75) is 0 Å². The second kappa shape index (κ2) is 4.56. The maximum Gasteiger partial charge on any atom is 0.352 e. The molecule has 1 heterocycles. The van der Waals surface area contributed by atoms with E-state index in [4.69, 9.17) is 10.8 Å². The molecular weight excluding hydrogens is 251 g/mol. The quantitative estimate of drug-likeness (QED) is 0.651. The van der Waals surface area contributed by atoms with E-state index < -0.39 is 17.6 Å². The van der Waals surface area contributed by atoms with Crippen molar-refractivity contribution in [1.82, 2.24) is 4.57 Å². The summed E-state index contributed by atoms with van der Waals surface area (Å²) >= 11 is 0. The number of aromatic nitrogens is 1. The summed E-state index contributed by atoms with van der Waals surface area (Å²) in [6.07, 6.45) is 1.40. The van der Waals surface area contributed by atoms with Crippen LogP contribution in [-0.4, -0.2) is 21.4 Å². The summed E-state index contributed by atoms with van der Waals surface area (Å²) in [5.41, 5.74) is 5.92. The number of hydrogen-bond donors (Lipinski definition) is 2. The third-order valence-corrected chi connectivity index (χ3v) is 2.74. The van der Waals surface area contributed by atoms with Crippen LogP contribution in [0.3, 0.4) is 0 Å². The number of carboxylic acids is 1. The maximum atomic E-state index is 12.9. The van der Waals surface area contributed by atoms with Gasteiger partial charge in [-0.15, -0.1) is 0 Å². The molecule has 0 fully saturated rings. The molecule has 0 spiro atoms. The largest absolute Gasteiger partial charge is 0.477 e. The average molecular weight is 262 g/mol. The van der Waals surface area contributed by atoms with E-state index in [0.29, 0.717) is 0 Å². The van der Waals surface area contributed by atoms with Crippen LogP contribution in [-0.2, 0) is 7.05 Å². The van der Waals surface area contributed by atoms with E-state index in [-0.39, 0.29) is 22.5 Å². The summed E-state index contributed by atoms with van der Waals surface area (Å²) in [5.74, 6) is -2.11. The van der Waals surface area contributed by atoms with Gasteiger partial charge in [-0.2, -0.15) is 0 Å². The molecule has 0 aliphatic carbocycles. The summed E-state index contributed by atoms with van der Waals surface area (Å²) in [5, 5.41) is 8.92. The Hall–Kier alpha value is -2.63. The lowest BCUT2D eigenvalue weighted by molar-refractivity contribution is 0.0686. The highest BCUT2D eigenvalue weighted by atomic mass is 19.1. The first-order valence-corrected chi connectivity index (χ1v) is 5.39. The van der Waals surface area contributed by atoms with Gasteiger partial charge in [0.1, 0.15) is 11.5 Å². The van der Waals surface area contributed by atoms with Crippen molar-refractivity contribution in [2.24, 2.45) is 7.05 Å². The van der Waals surface area contributed by atoms with Crippen LogP contribution in [0.1, 0.15) is 26.4 Å². The third kappa shape index (κ3) is 2.33. The second-order valence-electron chi connectivity index (χ2n) is 4.09. The number of carbonyl (C=O) groups is 2. The third-order valence-electron chi connectivity index (χ3n) is 2.74. The van der Waals surface area contributed by atoms with Gasteiger partial charge in [0.25, 0.3) is 0 Å². The van der Waals surface area contributed by atoms with Crippen molar-refractivity contribution in [3.63, 3.8) is 0 Å². The molecule has 0 bridgehead atoms. The fourth-order valence-electron chi connectivity index (χ4n) is 1.80. The summed E-state index contributed by atoms with van der Waals surface area (Å²) in [6.45, 7) is 0. The zero-order valence-electron chi connectivity index (χ0n) is 10.1. The van der Waals surface area contributed by atoms with Gasteiger partial charge in [-0.25, -0.2) is 9.18 Å². The number of aromatic carboxylic acids is 1. The number of hydrogen-bond acceptors (Lipinski definition) is 3. The number of aryl methyl sites for hydroxylation is 1. The minimum Gasteiger partial charge on any atom is -0.477 e. The molecule has 0 saturated heterocycles. The predicted octanol–water partition coefficient (Wildman–Crippen LogP) is 1.68. The molecule has 0 aliphatic rings.